The van der Waals surface area contributed by atoms with Crippen LogP contribution in [-0.4, -0.2) is 4.98 Å². The number of hydrogen-bond donors (Lipinski definition) is 1. The second kappa shape index (κ2) is 4.74. The van der Waals surface area contributed by atoms with Crippen molar-refractivity contribution < 1.29 is 0 Å². The Morgan fingerprint density at radius 2 is 2.00 bits per heavy atom. The van der Waals surface area contributed by atoms with Crippen LogP contribution in [0.15, 0.2) is 24.3 Å². The molecule has 1 aromatic heterocycles. The predicted molar refractivity (Wildman–Crippen MR) is 74.2 cm³/mol. The van der Waals surface area contributed by atoms with Gasteiger partial charge in [0.2, 0.25) is 0 Å². The molecule has 1 aromatic carbocycles. The molecule has 1 heterocycles. The van der Waals surface area contributed by atoms with Gasteiger partial charge in [0.1, 0.15) is 0 Å². The molecule has 0 radical (unpaired) electrons. The van der Waals surface area contributed by atoms with E-state index >= 15 is 0 Å². The normalized spacial score (nSPS) is 12.9. The zero-order valence-electron chi connectivity index (χ0n) is 10.8. The average molecular weight is 228 g/mol. The van der Waals surface area contributed by atoms with Crippen LogP contribution in [0.1, 0.15) is 44.4 Å². The molecule has 2 aromatic rings. The van der Waals surface area contributed by atoms with Crippen LogP contribution in [0.25, 0.3) is 10.9 Å². The van der Waals surface area contributed by atoms with Crippen LogP contribution in [0.2, 0.25) is 0 Å². The van der Waals surface area contributed by atoms with Gasteiger partial charge in [-0.2, -0.15) is 0 Å². The van der Waals surface area contributed by atoms with Gasteiger partial charge in [-0.15, -0.1) is 0 Å². The summed E-state index contributed by atoms with van der Waals surface area (Å²) in [6.07, 6.45) is 2.07. The van der Waals surface area contributed by atoms with E-state index in [0.29, 0.717) is 5.92 Å². The van der Waals surface area contributed by atoms with E-state index in [0.717, 1.165) is 35.1 Å². The second-order valence-corrected chi connectivity index (χ2v) is 4.64. The molecule has 90 valence electrons. The fourth-order valence-corrected chi connectivity index (χ4v) is 2.05. The van der Waals surface area contributed by atoms with Crippen LogP contribution in [0, 0.1) is 0 Å². The summed E-state index contributed by atoms with van der Waals surface area (Å²) in [6, 6.07) is 8.43. The Labute approximate surface area is 103 Å². The van der Waals surface area contributed by atoms with E-state index < -0.39 is 0 Å². The lowest BCUT2D eigenvalue weighted by molar-refractivity contribution is 0.734. The van der Waals surface area contributed by atoms with E-state index in [-0.39, 0.29) is 0 Å². The smallest absolute Gasteiger partial charge is 0.0726 e. The summed E-state index contributed by atoms with van der Waals surface area (Å²) in [4.78, 5) is 4.60. The molecule has 0 amide bonds. The van der Waals surface area contributed by atoms with Gasteiger partial charge in [-0.3, -0.25) is 4.98 Å². The molecule has 1 atom stereocenters. The molecule has 2 nitrogen and oxygen atoms in total. The molecule has 0 spiro atoms. The largest absolute Gasteiger partial charge is 0.398 e. The molecule has 0 saturated heterocycles. The molecule has 0 bridgehead atoms. The van der Waals surface area contributed by atoms with E-state index in [1.54, 1.807) is 0 Å². The average Bonchev–Trinajstić information content (AvgIpc) is 2.37. The van der Waals surface area contributed by atoms with Gasteiger partial charge in [0, 0.05) is 16.8 Å². The lowest BCUT2D eigenvalue weighted by Crippen LogP contribution is -1.97. The van der Waals surface area contributed by atoms with Crippen molar-refractivity contribution in [2.45, 2.75) is 39.5 Å². The van der Waals surface area contributed by atoms with Gasteiger partial charge in [0.15, 0.2) is 0 Å². The first-order valence-corrected chi connectivity index (χ1v) is 6.34. The Hall–Kier alpha value is -1.57. The molecular weight excluding hydrogens is 208 g/mol. The van der Waals surface area contributed by atoms with Crippen LogP contribution >= 0.6 is 0 Å². The van der Waals surface area contributed by atoms with E-state index in [4.69, 9.17) is 5.73 Å². The molecule has 0 saturated carbocycles. The van der Waals surface area contributed by atoms with Gasteiger partial charge in [-0.05, 0) is 42.5 Å². The Morgan fingerprint density at radius 3 is 2.65 bits per heavy atom. The number of nitrogens with zero attached hydrogens (tertiary/aromatic N) is 1. The number of pyridine rings is 1. The highest BCUT2D eigenvalue weighted by Gasteiger charge is 2.07. The number of fused-ring (bicyclic) bond motifs is 1. The molecule has 2 rings (SSSR count). The standard InChI is InChI=1S/C15H20N2/c1-4-10(3)11-6-7-15-13(8-11)14(16)9-12(5-2)17-15/h6-10H,4-5H2,1-3H3,(H2,16,17). The first-order valence-electron chi connectivity index (χ1n) is 6.34. The molecular formula is C15H20N2. The van der Waals surface area contributed by atoms with Crippen molar-refractivity contribution in [1.82, 2.24) is 4.98 Å². The highest BCUT2D eigenvalue weighted by atomic mass is 14.7. The third-order valence-corrected chi connectivity index (χ3v) is 3.46. The topological polar surface area (TPSA) is 38.9 Å². The SMILES string of the molecule is CCc1cc(N)c2cc(C(C)CC)ccc2n1. The first-order chi connectivity index (χ1) is 8.15. The summed E-state index contributed by atoms with van der Waals surface area (Å²) in [7, 11) is 0. The fraction of sp³-hybridized carbons (Fsp3) is 0.400. The van der Waals surface area contributed by atoms with E-state index in [2.05, 4.69) is 44.0 Å². The van der Waals surface area contributed by atoms with Gasteiger partial charge in [0.05, 0.1) is 5.52 Å². The summed E-state index contributed by atoms with van der Waals surface area (Å²) < 4.78 is 0. The van der Waals surface area contributed by atoms with Crippen LogP contribution in [-0.2, 0) is 6.42 Å². The quantitative estimate of drug-likeness (QED) is 0.865. The summed E-state index contributed by atoms with van der Waals surface area (Å²) in [5.41, 5.74) is 10.4. The monoisotopic (exact) mass is 228 g/mol. The fourth-order valence-electron chi connectivity index (χ4n) is 2.05. The summed E-state index contributed by atoms with van der Waals surface area (Å²) in [5.74, 6) is 0.574. The lowest BCUT2D eigenvalue weighted by atomic mass is 9.96. The summed E-state index contributed by atoms with van der Waals surface area (Å²) in [6.45, 7) is 6.54. The van der Waals surface area contributed by atoms with Gasteiger partial charge < -0.3 is 5.73 Å². The molecule has 2 N–H and O–H groups in total. The Morgan fingerprint density at radius 1 is 1.24 bits per heavy atom. The van der Waals surface area contributed by atoms with Gasteiger partial charge in [-0.1, -0.05) is 26.8 Å². The second-order valence-electron chi connectivity index (χ2n) is 4.64. The molecule has 1 unspecified atom stereocenters. The van der Waals surface area contributed by atoms with Crippen LogP contribution in [0.4, 0.5) is 5.69 Å². The summed E-state index contributed by atoms with van der Waals surface area (Å²) in [5, 5.41) is 1.08. The number of anilines is 1. The minimum Gasteiger partial charge on any atom is -0.398 e. The Bertz CT molecular complexity index is 532. The number of hydrogen-bond acceptors (Lipinski definition) is 2. The number of nitrogens with two attached hydrogens (primary N) is 1. The highest BCUT2D eigenvalue weighted by Crippen LogP contribution is 2.26. The van der Waals surface area contributed by atoms with Crippen LogP contribution in [0.3, 0.4) is 0 Å². The van der Waals surface area contributed by atoms with Crippen molar-refractivity contribution in [3.63, 3.8) is 0 Å². The molecule has 0 aliphatic carbocycles. The number of nitrogen functional groups attached to an aromatic ring is 1. The van der Waals surface area contributed by atoms with Crippen molar-refractivity contribution in [2.24, 2.45) is 0 Å². The van der Waals surface area contributed by atoms with Crippen molar-refractivity contribution in [3.8, 4) is 0 Å². The van der Waals surface area contributed by atoms with E-state index in [1.165, 1.54) is 5.56 Å². The van der Waals surface area contributed by atoms with Crippen molar-refractivity contribution in [3.05, 3.63) is 35.5 Å². The zero-order chi connectivity index (χ0) is 12.4. The van der Waals surface area contributed by atoms with Gasteiger partial charge in [0.25, 0.3) is 0 Å². The van der Waals surface area contributed by atoms with E-state index in [1.807, 2.05) is 6.07 Å². The number of benzene rings is 1. The van der Waals surface area contributed by atoms with Crippen LogP contribution < -0.4 is 5.73 Å². The number of rotatable bonds is 3. The highest BCUT2D eigenvalue weighted by molar-refractivity contribution is 5.90. The molecule has 17 heavy (non-hydrogen) atoms. The molecule has 0 fully saturated rings. The van der Waals surface area contributed by atoms with Crippen molar-refractivity contribution in [2.75, 3.05) is 5.73 Å². The predicted octanol–water partition coefficient (Wildman–Crippen LogP) is 3.89. The number of aryl methyl sites for hydroxylation is 1. The third-order valence-electron chi connectivity index (χ3n) is 3.46. The maximum Gasteiger partial charge on any atom is 0.0726 e. The molecule has 2 heteroatoms. The van der Waals surface area contributed by atoms with Crippen LogP contribution in [0.5, 0.6) is 0 Å². The maximum absolute atomic E-state index is 6.10. The molecule has 0 aliphatic rings. The summed E-state index contributed by atoms with van der Waals surface area (Å²) >= 11 is 0. The van der Waals surface area contributed by atoms with Gasteiger partial charge in [-0.25, -0.2) is 0 Å². The minimum atomic E-state index is 0.574. The number of aromatic nitrogens is 1. The third kappa shape index (κ3) is 2.26. The molecule has 0 aliphatic heterocycles. The van der Waals surface area contributed by atoms with Crippen molar-refractivity contribution in [1.29, 1.82) is 0 Å². The first kappa shape index (κ1) is 11.9. The minimum absolute atomic E-state index is 0.574. The Kier molecular flexibility index (Phi) is 3.32. The van der Waals surface area contributed by atoms with E-state index in [9.17, 15) is 0 Å². The van der Waals surface area contributed by atoms with Gasteiger partial charge >= 0.3 is 0 Å². The maximum atomic E-state index is 6.10. The van der Waals surface area contributed by atoms with Crippen molar-refractivity contribution >= 4 is 16.6 Å². The lowest BCUT2D eigenvalue weighted by Gasteiger charge is -2.11. The zero-order valence-corrected chi connectivity index (χ0v) is 10.8. The Balaban J connectivity index is 2.58.